The number of hydrogen-bond donors (Lipinski definition) is 0. The van der Waals surface area contributed by atoms with E-state index >= 15 is 0 Å². The van der Waals surface area contributed by atoms with E-state index in [2.05, 4.69) is 30.6 Å². The van der Waals surface area contributed by atoms with Crippen LogP contribution in [0, 0.1) is 11.8 Å². The first-order valence-electron chi connectivity index (χ1n) is 8.10. The van der Waals surface area contributed by atoms with Gasteiger partial charge in [0.05, 0.1) is 0 Å². The molecule has 112 valence electrons. The van der Waals surface area contributed by atoms with Crippen LogP contribution < -0.4 is 0 Å². The summed E-state index contributed by atoms with van der Waals surface area (Å²) in [5, 5.41) is 0. The molecule has 0 atom stereocenters. The molecule has 0 aromatic carbocycles. The van der Waals surface area contributed by atoms with E-state index in [1.54, 1.807) is 0 Å². The van der Waals surface area contributed by atoms with Crippen molar-refractivity contribution in [1.82, 2.24) is 9.80 Å². The van der Waals surface area contributed by atoms with Crippen molar-refractivity contribution in [2.24, 2.45) is 11.8 Å². The van der Waals surface area contributed by atoms with Gasteiger partial charge in [0, 0.05) is 26.2 Å². The van der Waals surface area contributed by atoms with E-state index < -0.39 is 5.67 Å². The molecule has 0 aliphatic carbocycles. The maximum Gasteiger partial charge on any atom is 0.126 e. The summed E-state index contributed by atoms with van der Waals surface area (Å²) < 4.78 is 14.9. The van der Waals surface area contributed by atoms with Gasteiger partial charge in [-0.3, -0.25) is 0 Å². The van der Waals surface area contributed by atoms with Crippen LogP contribution in [0.25, 0.3) is 0 Å². The monoisotopic (exact) mass is 270 g/mol. The van der Waals surface area contributed by atoms with Crippen LogP contribution >= 0.6 is 0 Å². The van der Waals surface area contributed by atoms with Crippen molar-refractivity contribution >= 4 is 0 Å². The highest BCUT2D eigenvalue weighted by Gasteiger charge is 2.36. The van der Waals surface area contributed by atoms with Crippen molar-refractivity contribution in [3.05, 3.63) is 0 Å². The Balaban J connectivity index is 1.75. The molecule has 0 unspecified atom stereocenters. The molecule has 0 bridgehead atoms. The molecule has 0 N–H and O–H groups in total. The molecule has 2 fully saturated rings. The maximum absolute atomic E-state index is 14.9. The number of alkyl halides is 1. The SMILES string of the molecule is CC(C)CN1CCC(F)(CN2CCC(C)CC2)CC1. The van der Waals surface area contributed by atoms with E-state index in [1.807, 2.05) is 0 Å². The molecule has 2 aliphatic rings. The lowest BCUT2D eigenvalue weighted by Gasteiger charge is -2.41. The number of piperidine rings is 2. The molecule has 0 spiro atoms. The third-order valence-electron chi connectivity index (χ3n) is 4.76. The lowest BCUT2D eigenvalue weighted by Crippen LogP contribution is -2.50. The smallest absolute Gasteiger partial charge is 0.126 e. The number of rotatable bonds is 4. The molecule has 0 amide bonds. The highest BCUT2D eigenvalue weighted by Crippen LogP contribution is 2.29. The van der Waals surface area contributed by atoms with Gasteiger partial charge in [0.1, 0.15) is 5.67 Å². The van der Waals surface area contributed by atoms with E-state index in [9.17, 15) is 4.39 Å². The maximum atomic E-state index is 14.9. The van der Waals surface area contributed by atoms with Crippen LogP contribution in [-0.2, 0) is 0 Å². The van der Waals surface area contributed by atoms with Gasteiger partial charge >= 0.3 is 0 Å². The third kappa shape index (κ3) is 4.71. The molecular weight excluding hydrogens is 239 g/mol. The zero-order chi connectivity index (χ0) is 13.9. The first-order valence-corrected chi connectivity index (χ1v) is 8.10. The van der Waals surface area contributed by atoms with Crippen LogP contribution in [0.5, 0.6) is 0 Å². The van der Waals surface area contributed by atoms with Gasteiger partial charge in [-0.2, -0.15) is 0 Å². The van der Waals surface area contributed by atoms with Gasteiger partial charge in [0.25, 0.3) is 0 Å². The first kappa shape index (κ1) is 15.2. The van der Waals surface area contributed by atoms with Gasteiger partial charge in [-0.15, -0.1) is 0 Å². The fourth-order valence-corrected chi connectivity index (χ4v) is 3.43. The largest absolute Gasteiger partial charge is 0.303 e. The zero-order valence-electron chi connectivity index (χ0n) is 13.0. The first-order chi connectivity index (χ1) is 8.97. The normalized spacial score (nSPS) is 27.0. The second-order valence-corrected chi connectivity index (χ2v) is 7.30. The number of halogens is 1. The van der Waals surface area contributed by atoms with Crippen molar-refractivity contribution in [2.45, 2.75) is 52.1 Å². The highest BCUT2D eigenvalue weighted by atomic mass is 19.1. The van der Waals surface area contributed by atoms with Crippen LogP contribution in [0.3, 0.4) is 0 Å². The molecule has 3 heteroatoms. The highest BCUT2D eigenvalue weighted by molar-refractivity contribution is 4.90. The van der Waals surface area contributed by atoms with E-state index in [-0.39, 0.29) is 0 Å². The molecule has 0 radical (unpaired) electrons. The Morgan fingerprint density at radius 2 is 1.63 bits per heavy atom. The average Bonchev–Trinajstić information content (AvgIpc) is 2.35. The second-order valence-electron chi connectivity index (χ2n) is 7.30. The van der Waals surface area contributed by atoms with Crippen molar-refractivity contribution in [1.29, 1.82) is 0 Å². The lowest BCUT2D eigenvalue weighted by molar-refractivity contribution is 0.0131. The minimum absolute atomic E-state index is 0.676. The summed E-state index contributed by atoms with van der Waals surface area (Å²) in [5.41, 5.74) is -0.923. The van der Waals surface area contributed by atoms with Crippen LogP contribution in [-0.4, -0.2) is 54.7 Å². The molecule has 2 rings (SSSR count). The van der Waals surface area contributed by atoms with Gasteiger partial charge < -0.3 is 9.80 Å². The molecule has 2 aliphatic heterocycles. The third-order valence-corrected chi connectivity index (χ3v) is 4.76. The molecule has 19 heavy (non-hydrogen) atoms. The fourth-order valence-electron chi connectivity index (χ4n) is 3.43. The van der Waals surface area contributed by atoms with Crippen molar-refractivity contribution in [3.63, 3.8) is 0 Å². The predicted octanol–water partition coefficient (Wildman–Crippen LogP) is 3.18. The number of nitrogens with zero attached hydrogens (tertiary/aromatic N) is 2. The molecule has 2 nitrogen and oxygen atoms in total. The predicted molar refractivity (Wildman–Crippen MR) is 79.2 cm³/mol. The lowest BCUT2D eigenvalue weighted by atomic mass is 9.90. The zero-order valence-corrected chi connectivity index (χ0v) is 13.0. The van der Waals surface area contributed by atoms with Gasteiger partial charge in [0.2, 0.25) is 0 Å². The minimum atomic E-state index is -0.923. The topological polar surface area (TPSA) is 6.48 Å². The molecule has 0 saturated carbocycles. The van der Waals surface area contributed by atoms with E-state index in [4.69, 9.17) is 0 Å². The van der Waals surface area contributed by atoms with Crippen LogP contribution in [0.1, 0.15) is 46.5 Å². The Hall–Kier alpha value is -0.150. The van der Waals surface area contributed by atoms with Gasteiger partial charge in [-0.05, 0) is 50.6 Å². The molecule has 0 aromatic heterocycles. The number of likely N-dealkylation sites (tertiary alicyclic amines) is 2. The van der Waals surface area contributed by atoms with Crippen LogP contribution in [0.2, 0.25) is 0 Å². The van der Waals surface area contributed by atoms with Crippen molar-refractivity contribution in [3.8, 4) is 0 Å². The fraction of sp³-hybridized carbons (Fsp3) is 1.00. The Kier molecular flexibility index (Phi) is 5.24. The molecule has 2 saturated heterocycles. The Morgan fingerprint density at radius 1 is 1.05 bits per heavy atom. The second kappa shape index (κ2) is 6.53. The van der Waals surface area contributed by atoms with Gasteiger partial charge in [0.15, 0.2) is 0 Å². The van der Waals surface area contributed by atoms with E-state index in [0.29, 0.717) is 12.5 Å². The molecular formula is C16H31FN2. The van der Waals surface area contributed by atoms with Crippen molar-refractivity contribution in [2.75, 3.05) is 39.3 Å². The summed E-state index contributed by atoms with van der Waals surface area (Å²) in [6.07, 6.45) is 3.95. The number of hydrogen-bond acceptors (Lipinski definition) is 2. The minimum Gasteiger partial charge on any atom is -0.303 e. The molecule has 0 aromatic rings. The average molecular weight is 270 g/mol. The Morgan fingerprint density at radius 3 is 2.16 bits per heavy atom. The summed E-state index contributed by atoms with van der Waals surface area (Å²) in [5.74, 6) is 1.52. The van der Waals surface area contributed by atoms with E-state index in [0.717, 1.165) is 51.5 Å². The standard InChI is InChI=1S/C16H31FN2/c1-14(2)12-18-10-6-16(17,7-11-18)13-19-8-4-15(3)5-9-19/h14-15H,4-13H2,1-3H3. The summed E-state index contributed by atoms with van der Waals surface area (Å²) in [4.78, 5) is 4.79. The Bertz CT molecular complexity index is 264. The van der Waals surface area contributed by atoms with E-state index in [1.165, 1.54) is 12.8 Å². The van der Waals surface area contributed by atoms with Crippen molar-refractivity contribution < 1.29 is 4.39 Å². The summed E-state index contributed by atoms with van der Waals surface area (Å²) in [6.45, 7) is 12.7. The summed E-state index contributed by atoms with van der Waals surface area (Å²) >= 11 is 0. The van der Waals surface area contributed by atoms with Crippen LogP contribution in [0.4, 0.5) is 4.39 Å². The quantitative estimate of drug-likeness (QED) is 0.774. The van der Waals surface area contributed by atoms with Gasteiger partial charge in [-0.25, -0.2) is 4.39 Å². The van der Waals surface area contributed by atoms with Crippen LogP contribution in [0.15, 0.2) is 0 Å². The van der Waals surface area contributed by atoms with Gasteiger partial charge in [-0.1, -0.05) is 20.8 Å². The summed E-state index contributed by atoms with van der Waals surface area (Å²) in [6, 6.07) is 0. The Labute approximate surface area is 118 Å². The molecule has 2 heterocycles. The summed E-state index contributed by atoms with van der Waals surface area (Å²) in [7, 11) is 0.